The summed E-state index contributed by atoms with van der Waals surface area (Å²) in [5.41, 5.74) is 17.1. The van der Waals surface area contributed by atoms with E-state index in [4.69, 9.17) is 75.3 Å². The van der Waals surface area contributed by atoms with Crippen molar-refractivity contribution < 1.29 is 18.9 Å². The van der Waals surface area contributed by atoms with Crippen molar-refractivity contribution in [2.75, 3.05) is 60.9 Å². The van der Waals surface area contributed by atoms with Gasteiger partial charge in [0.2, 0.25) is 23.8 Å². The molecule has 4 aromatic carbocycles. The fraction of sp³-hybridized carbons (Fsp3) is 0.321. The van der Waals surface area contributed by atoms with Crippen LogP contribution in [0.15, 0.2) is 214 Å². The number of anilines is 4. The summed E-state index contributed by atoms with van der Waals surface area (Å²) in [6.45, 7) is 30.0. The molecule has 20 rings (SSSR count). The summed E-state index contributed by atoms with van der Waals surface area (Å²) in [4.78, 5) is 109. The van der Waals surface area contributed by atoms with Crippen LogP contribution < -0.4 is 43.5 Å². The third-order valence-electron chi connectivity index (χ3n) is 25.0. The maximum absolute atomic E-state index is 13.6. The van der Waals surface area contributed by atoms with E-state index >= 15 is 0 Å². The minimum Gasteiger partial charge on any atom is -0.379 e. The molecule has 12 aromatic heterocycles. The molecule has 4 atom stereocenters. The summed E-state index contributed by atoms with van der Waals surface area (Å²) in [5, 5.41) is 18.6. The topological polar surface area (TPSA) is 328 Å². The number of hydrogen-bond acceptors (Lipinski definition) is 24. The molecule has 4 aliphatic heterocycles. The number of hydrogen-bond donors (Lipinski definition) is 4. The summed E-state index contributed by atoms with van der Waals surface area (Å²) < 4.78 is 29.1. The molecule has 708 valence electrons. The lowest BCUT2D eigenvalue weighted by atomic mass is 9.94. The van der Waals surface area contributed by atoms with Crippen LogP contribution in [0.1, 0.15) is 117 Å². The van der Waals surface area contributed by atoms with Gasteiger partial charge in [-0.2, -0.15) is 19.9 Å². The lowest BCUT2D eigenvalue weighted by Gasteiger charge is -2.35. The normalized spacial score (nSPS) is 16.6. The Morgan fingerprint density at radius 2 is 0.638 bits per heavy atom. The van der Waals surface area contributed by atoms with Crippen molar-refractivity contribution in [3.8, 4) is 89.5 Å². The van der Waals surface area contributed by atoms with E-state index in [1.807, 2.05) is 219 Å². The first kappa shape index (κ1) is 96.5. The molecule has 0 radical (unpaired) electrons. The van der Waals surface area contributed by atoms with Crippen molar-refractivity contribution in [2.45, 2.75) is 183 Å². The number of halogens is 4. The van der Waals surface area contributed by atoms with Gasteiger partial charge in [0.1, 0.15) is 22.6 Å². The van der Waals surface area contributed by atoms with Gasteiger partial charge in [0.25, 0.3) is 22.2 Å². The zero-order valence-corrected chi connectivity index (χ0v) is 82.1. The molecule has 4 saturated heterocycles. The zero-order valence-electron chi connectivity index (χ0n) is 79.0. The van der Waals surface area contributed by atoms with Gasteiger partial charge in [-0.25, -0.2) is 19.9 Å². The Morgan fingerprint density at radius 1 is 0.341 bits per heavy atom. The molecule has 28 nitrogen and oxygen atoms in total. The first-order valence-corrected chi connectivity index (χ1v) is 48.1. The molecule has 138 heavy (non-hydrogen) atoms. The molecular weight excluding hydrogens is 1820 g/mol. The molecular formula is C106H108Cl4N20O8. The van der Waals surface area contributed by atoms with Gasteiger partial charge in [0, 0.05) is 221 Å². The standard InChI is InChI=1S/2C28H30ClN5O2.2C25H24ClN5O2/c1-5-34-25-19(16-31-27(33-25)32-20-10-12-36-28(3,4)15-20)13-22(26(34)35)21-9-8-18(14-23(21)29)24-17(2)7-6-11-30-24;1-5-34-25-19(16-30-27(33-25)32-20-11-12-36-28(3,4)15-20)13-22(26(34)35)21-10-9-18(14-23(21)29)24-8-6-7-17(2)31-24;2*1-3-31-23-17(13-27-25(30-23)29-18-9-10-33-14-18)11-20(24(31)32)19-8-7-16(12-21(19)26)22-6-4-5-15(2)28-22/h6-9,11,13-14,16,20H,5,10,12,15H2,1-4H3,(H,31,32,33);6-10,13-14,16,20H,5,11-12,15H2,1-4H3,(H,30,32,33);2*4-8,11-13,18H,3,9-10,14H2,1-2H3,(H,27,29,30)/t;;18-;/m..1./s1. The van der Waals surface area contributed by atoms with E-state index in [1.165, 1.54) is 0 Å². The highest BCUT2D eigenvalue weighted by Gasteiger charge is 2.32. The van der Waals surface area contributed by atoms with Crippen LogP contribution in [-0.4, -0.2) is 153 Å². The summed E-state index contributed by atoms with van der Waals surface area (Å²) >= 11 is 26.7. The predicted octanol–water partition coefficient (Wildman–Crippen LogP) is 21.1. The van der Waals surface area contributed by atoms with Gasteiger partial charge in [0.05, 0.1) is 59.3 Å². The highest BCUT2D eigenvalue weighted by Crippen LogP contribution is 2.39. The Kier molecular flexibility index (Phi) is 29.4. The minimum absolute atomic E-state index is 0.134. The second-order valence-corrected chi connectivity index (χ2v) is 37.7. The van der Waals surface area contributed by atoms with E-state index in [9.17, 15) is 19.2 Å². The quantitative estimate of drug-likeness (QED) is 0.0551. The third-order valence-corrected chi connectivity index (χ3v) is 26.3. The fourth-order valence-electron chi connectivity index (χ4n) is 18.1. The Balaban J connectivity index is 0.000000127. The van der Waals surface area contributed by atoms with Gasteiger partial charge < -0.3 is 40.2 Å². The van der Waals surface area contributed by atoms with Crippen LogP contribution in [0.4, 0.5) is 23.8 Å². The van der Waals surface area contributed by atoms with Crippen LogP contribution >= 0.6 is 46.4 Å². The number of fused-ring (bicyclic) bond motifs is 4. The first-order chi connectivity index (χ1) is 66.5. The van der Waals surface area contributed by atoms with Crippen LogP contribution in [0.5, 0.6) is 0 Å². The maximum atomic E-state index is 13.6. The van der Waals surface area contributed by atoms with Crippen LogP contribution in [0.3, 0.4) is 0 Å². The van der Waals surface area contributed by atoms with E-state index in [-0.39, 0.29) is 57.6 Å². The van der Waals surface area contributed by atoms with Crippen molar-refractivity contribution in [2.24, 2.45) is 0 Å². The van der Waals surface area contributed by atoms with Gasteiger partial charge >= 0.3 is 0 Å². The average Bonchev–Trinajstić information content (AvgIpc) is 0.850. The van der Waals surface area contributed by atoms with Crippen molar-refractivity contribution in [1.82, 2.24) is 78.1 Å². The smallest absolute Gasteiger partial charge is 0.260 e. The van der Waals surface area contributed by atoms with E-state index in [0.717, 1.165) is 141 Å². The van der Waals surface area contributed by atoms with Crippen LogP contribution in [0.2, 0.25) is 20.1 Å². The van der Waals surface area contributed by atoms with E-state index in [0.29, 0.717) is 164 Å². The van der Waals surface area contributed by atoms with Crippen molar-refractivity contribution in [3.63, 3.8) is 0 Å². The predicted molar refractivity (Wildman–Crippen MR) is 551 cm³/mol. The van der Waals surface area contributed by atoms with Crippen LogP contribution in [0, 0.1) is 27.7 Å². The van der Waals surface area contributed by atoms with Crippen molar-refractivity contribution in [3.05, 3.63) is 279 Å². The molecule has 4 aliphatic rings. The summed E-state index contributed by atoms with van der Waals surface area (Å²) in [5.74, 6) is 2.04. The summed E-state index contributed by atoms with van der Waals surface area (Å²) in [7, 11) is 0. The number of aromatic nitrogens is 16. The highest BCUT2D eigenvalue weighted by atomic mass is 35.5. The van der Waals surface area contributed by atoms with Gasteiger partial charge in [-0.3, -0.25) is 57.4 Å². The molecule has 32 heteroatoms. The number of aryl methyl sites for hydroxylation is 8. The van der Waals surface area contributed by atoms with E-state index in [2.05, 4.69) is 98.8 Å². The maximum Gasteiger partial charge on any atom is 0.260 e. The molecule has 16 aromatic rings. The van der Waals surface area contributed by atoms with Crippen molar-refractivity contribution in [1.29, 1.82) is 0 Å². The summed E-state index contributed by atoms with van der Waals surface area (Å²) in [6, 6.07) is 52.3. The lowest BCUT2D eigenvalue weighted by molar-refractivity contribution is -0.0557. The molecule has 0 bridgehead atoms. The Hall–Kier alpha value is -13.2. The Labute approximate surface area is 818 Å². The second kappa shape index (κ2) is 42.0. The molecule has 16 heterocycles. The Bertz CT molecular complexity index is 7330. The number of ether oxygens (including phenoxy) is 4. The molecule has 0 aliphatic carbocycles. The lowest BCUT2D eigenvalue weighted by Crippen LogP contribution is -2.40. The second-order valence-electron chi connectivity index (χ2n) is 36.1. The molecule has 0 spiro atoms. The zero-order chi connectivity index (χ0) is 96.8. The van der Waals surface area contributed by atoms with E-state index < -0.39 is 0 Å². The minimum atomic E-state index is -0.183. The largest absolute Gasteiger partial charge is 0.379 e. The number of rotatable bonds is 20. The average molecular weight is 1930 g/mol. The highest BCUT2D eigenvalue weighted by molar-refractivity contribution is 6.35. The molecule has 0 amide bonds. The number of pyridine rings is 8. The molecule has 4 fully saturated rings. The SMILES string of the molecule is CCn1c(=O)c(-c2ccc(-c3cccc(C)n3)cc2Cl)cc2cnc(NC3CCOC(C)(C)C3)nc21.CCn1c(=O)c(-c2ccc(-c3cccc(C)n3)cc2Cl)cc2cnc(NC3CCOC3)nc21.CCn1c(=O)c(-c2ccc(-c3cccc(C)n3)cc2Cl)cc2cnc(N[C@@H]3CCOC3)nc21.CCn1c(=O)c(-c2ccc(-c3ncccc3C)cc2Cl)cc2cnc(NC3CCOC(C)(C)C3)nc21. The third kappa shape index (κ3) is 21.7. The van der Waals surface area contributed by atoms with Crippen LogP contribution in [-0.2, 0) is 45.1 Å². The molecule has 0 saturated carbocycles. The summed E-state index contributed by atoms with van der Waals surface area (Å²) in [6.07, 6.45) is 14.1. The van der Waals surface area contributed by atoms with Gasteiger partial charge in [-0.1, -0.05) is 119 Å². The monoisotopic (exact) mass is 1930 g/mol. The van der Waals surface area contributed by atoms with Gasteiger partial charge in [0.15, 0.2) is 0 Å². The Morgan fingerprint density at radius 3 is 0.913 bits per heavy atom. The number of nitrogens with one attached hydrogen (secondary N) is 4. The number of benzene rings is 4. The first-order valence-electron chi connectivity index (χ1n) is 46.6. The van der Waals surface area contributed by atoms with E-state index in [1.54, 1.807) is 49.3 Å². The van der Waals surface area contributed by atoms with Gasteiger partial charge in [-0.05, 0) is 218 Å². The van der Waals surface area contributed by atoms with Gasteiger partial charge in [-0.15, -0.1) is 0 Å². The molecule has 4 N–H and O–H groups in total. The van der Waals surface area contributed by atoms with Crippen molar-refractivity contribution >= 4 is 114 Å². The van der Waals surface area contributed by atoms with Crippen LogP contribution in [0.25, 0.3) is 134 Å². The number of nitrogens with zero attached hydrogens (tertiary/aromatic N) is 16. The molecule has 3 unspecified atom stereocenters. The fourth-order valence-corrected chi connectivity index (χ4v) is 19.2.